The molecule has 1 rings (SSSR count). The molecule has 100 valence electrons. The summed E-state index contributed by atoms with van der Waals surface area (Å²) in [5.41, 5.74) is 0. The van der Waals surface area contributed by atoms with Crippen molar-refractivity contribution in [3.63, 3.8) is 0 Å². The third-order valence-corrected chi connectivity index (χ3v) is 3.75. The largest absolute Gasteiger partial charge is 0.468 e. The van der Waals surface area contributed by atoms with Gasteiger partial charge >= 0.3 is 5.97 Å². The van der Waals surface area contributed by atoms with Crippen molar-refractivity contribution in [1.82, 2.24) is 5.32 Å². The van der Waals surface area contributed by atoms with E-state index in [0.29, 0.717) is 12.0 Å². The Morgan fingerprint density at radius 1 is 1.29 bits per heavy atom. The van der Waals surface area contributed by atoms with Gasteiger partial charge in [0.1, 0.15) is 6.04 Å². The quantitative estimate of drug-likeness (QED) is 0.726. The van der Waals surface area contributed by atoms with Gasteiger partial charge in [0.15, 0.2) is 0 Å². The number of ether oxygens (including phenoxy) is 1. The Kier molecular flexibility index (Phi) is 5.44. The minimum absolute atomic E-state index is 0.119. The fourth-order valence-electron chi connectivity index (χ4n) is 2.47. The first-order chi connectivity index (χ1) is 7.93. The predicted octanol–water partition coefficient (Wildman–Crippen LogP) is 2.60. The number of carbonyl (C=O) groups excluding carboxylic acids is 1. The highest BCUT2D eigenvalue weighted by Gasteiger charge is 2.34. The molecule has 0 heterocycles. The summed E-state index contributed by atoms with van der Waals surface area (Å²) in [6.45, 7) is 8.81. The topological polar surface area (TPSA) is 38.3 Å². The van der Waals surface area contributed by atoms with Gasteiger partial charge in [-0.25, -0.2) is 0 Å². The molecule has 1 N–H and O–H groups in total. The van der Waals surface area contributed by atoms with Crippen LogP contribution in [0.25, 0.3) is 0 Å². The third kappa shape index (κ3) is 4.30. The molecule has 3 nitrogen and oxygen atoms in total. The molecule has 0 amide bonds. The van der Waals surface area contributed by atoms with E-state index >= 15 is 0 Å². The Morgan fingerprint density at radius 2 is 1.88 bits per heavy atom. The van der Waals surface area contributed by atoms with E-state index in [1.165, 1.54) is 20.0 Å². The smallest absolute Gasteiger partial charge is 0.322 e. The summed E-state index contributed by atoms with van der Waals surface area (Å²) < 4.78 is 4.86. The van der Waals surface area contributed by atoms with Gasteiger partial charge in [-0.05, 0) is 37.0 Å². The van der Waals surface area contributed by atoms with E-state index < -0.39 is 0 Å². The highest BCUT2D eigenvalue weighted by Crippen LogP contribution is 2.34. The lowest BCUT2D eigenvalue weighted by molar-refractivity contribution is -0.144. The van der Waals surface area contributed by atoms with Crippen LogP contribution in [0.3, 0.4) is 0 Å². The Hall–Kier alpha value is -0.570. The normalized spacial score (nSPS) is 25.8. The van der Waals surface area contributed by atoms with Crippen LogP contribution in [0.4, 0.5) is 0 Å². The van der Waals surface area contributed by atoms with Gasteiger partial charge in [0.2, 0.25) is 0 Å². The Balaban J connectivity index is 2.38. The summed E-state index contributed by atoms with van der Waals surface area (Å²) in [5, 5.41) is 3.45. The fourth-order valence-corrected chi connectivity index (χ4v) is 2.47. The molecule has 0 aromatic carbocycles. The molecule has 1 atom stereocenters. The second-order valence-electron chi connectivity index (χ2n) is 6.04. The first-order valence-electron chi connectivity index (χ1n) is 6.77. The maximum absolute atomic E-state index is 11.7. The van der Waals surface area contributed by atoms with E-state index in [2.05, 4.69) is 33.0 Å². The predicted molar refractivity (Wildman–Crippen MR) is 69.7 cm³/mol. The summed E-state index contributed by atoms with van der Waals surface area (Å²) in [7, 11) is 1.47. The minimum atomic E-state index is -0.127. The molecule has 0 spiro atoms. The van der Waals surface area contributed by atoms with Crippen LogP contribution in [0.2, 0.25) is 0 Å². The molecule has 1 unspecified atom stereocenters. The molecule has 1 fully saturated rings. The second-order valence-corrected chi connectivity index (χ2v) is 6.04. The van der Waals surface area contributed by atoms with Crippen LogP contribution in [0.5, 0.6) is 0 Å². The van der Waals surface area contributed by atoms with Gasteiger partial charge in [0, 0.05) is 6.04 Å². The van der Waals surface area contributed by atoms with Crippen LogP contribution in [0.15, 0.2) is 0 Å². The average molecular weight is 241 g/mol. The molecule has 1 saturated carbocycles. The van der Waals surface area contributed by atoms with E-state index in [1.54, 1.807) is 0 Å². The summed E-state index contributed by atoms with van der Waals surface area (Å²) >= 11 is 0. The van der Waals surface area contributed by atoms with E-state index in [1.807, 2.05) is 0 Å². The number of rotatable bonds is 6. The van der Waals surface area contributed by atoms with Gasteiger partial charge in [-0.15, -0.1) is 0 Å². The molecule has 1 aliphatic rings. The van der Waals surface area contributed by atoms with Crippen LogP contribution >= 0.6 is 0 Å². The van der Waals surface area contributed by atoms with Crippen molar-refractivity contribution >= 4 is 5.97 Å². The fraction of sp³-hybridized carbons (Fsp3) is 0.929. The zero-order valence-electron chi connectivity index (χ0n) is 11.8. The molecule has 0 saturated heterocycles. The van der Waals surface area contributed by atoms with Crippen molar-refractivity contribution in [2.75, 3.05) is 7.11 Å². The van der Waals surface area contributed by atoms with Crippen LogP contribution in [0, 0.1) is 17.8 Å². The van der Waals surface area contributed by atoms with Crippen LogP contribution in [-0.4, -0.2) is 25.2 Å². The Labute approximate surface area is 105 Å². The second kappa shape index (κ2) is 6.39. The van der Waals surface area contributed by atoms with Crippen LogP contribution < -0.4 is 5.32 Å². The van der Waals surface area contributed by atoms with E-state index in [0.717, 1.165) is 18.3 Å². The number of carbonyl (C=O) groups is 1. The minimum Gasteiger partial charge on any atom is -0.468 e. The number of hydrogen-bond donors (Lipinski definition) is 1. The van der Waals surface area contributed by atoms with Crippen molar-refractivity contribution in [3.05, 3.63) is 0 Å². The van der Waals surface area contributed by atoms with Gasteiger partial charge in [-0.1, -0.05) is 27.7 Å². The maximum Gasteiger partial charge on any atom is 0.322 e. The number of esters is 1. The van der Waals surface area contributed by atoms with Crippen LogP contribution in [-0.2, 0) is 9.53 Å². The lowest BCUT2D eigenvalue weighted by atomic mass is 9.73. The molecule has 1 aliphatic carbocycles. The first kappa shape index (κ1) is 14.5. The average Bonchev–Trinajstić information content (AvgIpc) is 2.18. The van der Waals surface area contributed by atoms with Gasteiger partial charge < -0.3 is 10.1 Å². The lowest BCUT2D eigenvalue weighted by Crippen LogP contribution is -2.51. The third-order valence-electron chi connectivity index (χ3n) is 3.75. The van der Waals surface area contributed by atoms with Gasteiger partial charge in [0.05, 0.1) is 7.11 Å². The molecular formula is C14H27NO2. The highest BCUT2D eigenvalue weighted by atomic mass is 16.5. The number of methoxy groups -OCH3 is 1. The van der Waals surface area contributed by atoms with E-state index in [9.17, 15) is 4.79 Å². The molecule has 0 aromatic rings. The van der Waals surface area contributed by atoms with Crippen molar-refractivity contribution in [2.24, 2.45) is 17.8 Å². The number of hydrogen-bond acceptors (Lipinski definition) is 3. The number of nitrogens with one attached hydrogen (secondary N) is 1. The molecule has 0 radical (unpaired) electrons. The maximum atomic E-state index is 11.7. The van der Waals surface area contributed by atoms with Gasteiger partial charge in [0.25, 0.3) is 0 Å². The summed E-state index contributed by atoms with van der Waals surface area (Å²) in [6.07, 6.45) is 3.25. The zero-order valence-corrected chi connectivity index (χ0v) is 11.8. The molecule has 0 aromatic heterocycles. The van der Waals surface area contributed by atoms with Crippen molar-refractivity contribution in [2.45, 2.75) is 59.0 Å². The van der Waals surface area contributed by atoms with E-state index in [4.69, 9.17) is 4.74 Å². The van der Waals surface area contributed by atoms with Crippen molar-refractivity contribution < 1.29 is 9.53 Å². The monoisotopic (exact) mass is 241 g/mol. The first-order valence-corrected chi connectivity index (χ1v) is 6.77. The highest BCUT2D eigenvalue weighted by molar-refractivity contribution is 5.75. The molecule has 0 aliphatic heterocycles. The SMILES string of the molecule is COC(=O)C(CC(C)C)NC1CC(C(C)C)C1. The summed E-state index contributed by atoms with van der Waals surface area (Å²) in [5.74, 6) is 1.97. The summed E-state index contributed by atoms with van der Waals surface area (Å²) in [6, 6.07) is 0.378. The van der Waals surface area contributed by atoms with Gasteiger partial charge in [-0.3, -0.25) is 4.79 Å². The van der Waals surface area contributed by atoms with Crippen LogP contribution in [0.1, 0.15) is 47.0 Å². The summed E-state index contributed by atoms with van der Waals surface area (Å²) in [4.78, 5) is 11.7. The molecule has 3 heteroatoms. The zero-order chi connectivity index (χ0) is 13.0. The molecule has 0 bridgehead atoms. The molecular weight excluding hydrogens is 214 g/mol. The lowest BCUT2D eigenvalue weighted by Gasteiger charge is -2.40. The van der Waals surface area contributed by atoms with E-state index in [-0.39, 0.29) is 12.0 Å². The van der Waals surface area contributed by atoms with Crippen molar-refractivity contribution in [3.8, 4) is 0 Å². The Morgan fingerprint density at radius 3 is 2.29 bits per heavy atom. The van der Waals surface area contributed by atoms with Crippen molar-refractivity contribution in [1.29, 1.82) is 0 Å². The Bertz CT molecular complexity index is 245. The molecule has 17 heavy (non-hydrogen) atoms. The van der Waals surface area contributed by atoms with Gasteiger partial charge in [-0.2, -0.15) is 0 Å². The standard InChI is InChI=1S/C14H27NO2/c1-9(2)6-13(14(16)17-5)15-12-7-11(8-12)10(3)4/h9-13,15H,6-8H2,1-5H3.